The SMILES string of the molecule is COc1ccc2nc(C)c3c(c2c1)N(c1ccc(N2CCN(C)CC2)c(F)c1)CC3. The number of aromatic nitrogens is 1. The van der Waals surface area contributed by atoms with Crippen molar-refractivity contribution in [3.8, 4) is 5.75 Å². The molecule has 5 rings (SSSR count). The van der Waals surface area contributed by atoms with Crippen LogP contribution >= 0.6 is 0 Å². The molecule has 1 fully saturated rings. The number of hydrogen-bond donors (Lipinski definition) is 0. The number of halogens is 1. The fourth-order valence-electron chi connectivity index (χ4n) is 4.68. The number of piperazine rings is 1. The maximum Gasteiger partial charge on any atom is 0.148 e. The summed E-state index contributed by atoms with van der Waals surface area (Å²) in [7, 11) is 3.78. The van der Waals surface area contributed by atoms with Gasteiger partial charge in [0.05, 0.1) is 24.0 Å². The molecule has 0 spiro atoms. The molecule has 3 heterocycles. The molecular formula is C24H27FN4O. The first kappa shape index (κ1) is 19.1. The van der Waals surface area contributed by atoms with E-state index in [-0.39, 0.29) is 5.82 Å². The highest BCUT2D eigenvalue weighted by molar-refractivity contribution is 5.98. The average Bonchev–Trinajstić information content (AvgIpc) is 3.20. The lowest BCUT2D eigenvalue weighted by Crippen LogP contribution is -2.44. The molecule has 5 nitrogen and oxygen atoms in total. The molecule has 3 aromatic rings. The molecule has 0 unspecified atom stereocenters. The van der Waals surface area contributed by atoms with Crippen LogP contribution in [0.15, 0.2) is 36.4 Å². The van der Waals surface area contributed by atoms with Gasteiger partial charge < -0.3 is 19.4 Å². The van der Waals surface area contributed by atoms with Gasteiger partial charge in [-0.2, -0.15) is 0 Å². The highest BCUT2D eigenvalue weighted by Gasteiger charge is 2.27. The molecule has 6 heteroatoms. The third-order valence-electron chi connectivity index (χ3n) is 6.41. The number of anilines is 3. The molecule has 0 atom stereocenters. The fourth-order valence-corrected chi connectivity index (χ4v) is 4.68. The number of hydrogen-bond acceptors (Lipinski definition) is 5. The van der Waals surface area contributed by atoms with Crippen molar-refractivity contribution in [3.63, 3.8) is 0 Å². The number of pyridine rings is 1. The molecule has 0 saturated carbocycles. The number of aryl methyl sites for hydroxylation is 1. The highest BCUT2D eigenvalue weighted by Crippen LogP contribution is 2.42. The zero-order chi connectivity index (χ0) is 20.8. The van der Waals surface area contributed by atoms with E-state index in [1.807, 2.05) is 30.3 Å². The van der Waals surface area contributed by atoms with Crippen LogP contribution in [0.1, 0.15) is 11.3 Å². The van der Waals surface area contributed by atoms with Crippen LogP contribution in [0.4, 0.5) is 21.5 Å². The zero-order valence-electron chi connectivity index (χ0n) is 17.8. The second kappa shape index (κ2) is 7.43. The molecule has 1 aromatic heterocycles. The van der Waals surface area contributed by atoms with Crippen LogP contribution in [0.2, 0.25) is 0 Å². The van der Waals surface area contributed by atoms with Gasteiger partial charge in [-0.3, -0.25) is 4.98 Å². The second-order valence-corrected chi connectivity index (χ2v) is 8.24. The standard InChI is InChI=1S/C24H27FN4O/c1-16-19-8-9-29(24(19)20-15-18(30-3)5-6-22(20)26-16)17-4-7-23(21(25)14-17)28-12-10-27(2)11-13-28/h4-7,14-15H,8-13H2,1-3H3. The first-order chi connectivity index (χ1) is 14.5. The predicted molar refractivity (Wildman–Crippen MR) is 120 cm³/mol. The molecule has 0 bridgehead atoms. The van der Waals surface area contributed by atoms with Gasteiger partial charge in [0.15, 0.2) is 0 Å². The quantitative estimate of drug-likeness (QED) is 0.653. The van der Waals surface area contributed by atoms with Gasteiger partial charge in [-0.15, -0.1) is 0 Å². The lowest BCUT2D eigenvalue weighted by molar-refractivity contribution is 0.311. The summed E-state index contributed by atoms with van der Waals surface area (Å²) < 4.78 is 20.6. The van der Waals surface area contributed by atoms with Crippen LogP contribution in [0.25, 0.3) is 10.9 Å². The van der Waals surface area contributed by atoms with E-state index in [9.17, 15) is 0 Å². The van der Waals surface area contributed by atoms with Gasteiger partial charge in [-0.05, 0) is 62.4 Å². The Labute approximate surface area is 176 Å². The molecule has 2 aliphatic rings. The van der Waals surface area contributed by atoms with E-state index in [1.54, 1.807) is 13.2 Å². The third kappa shape index (κ3) is 3.16. The zero-order valence-corrected chi connectivity index (χ0v) is 17.8. The summed E-state index contributed by atoms with van der Waals surface area (Å²) in [4.78, 5) is 11.4. The molecule has 0 N–H and O–H groups in total. The monoisotopic (exact) mass is 406 g/mol. The first-order valence-corrected chi connectivity index (χ1v) is 10.5. The van der Waals surface area contributed by atoms with Crippen molar-refractivity contribution in [3.05, 3.63) is 53.5 Å². The summed E-state index contributed by atoms with van der Waals surface area (Å²) in [6.07, 6.45) is 0.906. The van der Waals surface area contributed by atoms with E-state index in [0.29, 0.717) is 5.69 Å². The van der Waals surface area contributed by atoms with Gasteiger partial charge in [-0.25, -0.2) is 4.39 Å². The molecule has 1 saturated heterocycles. The number of fused-ring (bicyclic) bond motifs is 3. The van der Waals surface area contributed by atoms with Gasteiger partial charge in [0, 0.05) is 49.5 Å². The Morgan fingerprint density at radius 3 is 2.53 bits per heavy atom. The van der Waals surface area contributed by atoms with Crippen LogP contribution in [0.3, 0.4) is 0 Å². The summed E-state index contributed by atoms with van der Waals surface area (Å²) in [5, 5.41) is 1.05. The summed E-state index contributed by atoms with van der Waals surface area (Å²) in [6, 6.07) is 11.6. The van der Waals surface area contributed by atoms with Crippen LogP contribution < -0.4 is 14.5 Å². The Morgan fingerprint density at radius 1 is 1.00 bits per heavy atom. The molecular weight excluding hydrogens is 379 g/mol. The Kier molecular flexibility index (Phi) is 4.74. The minimum absolute atomic E-state index is 0.154. The molecule has 0 radical (unpaired) electrons. The van der Waals surface area contributed by atoms with Crippen LogP contribution in [0, 0.1) is 12.7 Å². The number of ether oxygens (including phenoxy) is 1. The highest BCUT2D eigenvalue weighted by atomic mass is 19.1. The Hall–Kier alpha value is -2.86. The van der Waals surface area contributed by atoms with Crippen molar-refractivity contribution >= 4 is 28.0 Å². The van der Waals surface area contributed by atoms with Gasteiger partial charge >= 0.3 is 0 Å². The number of benzene rings is 2. The van der Waals surface area contributed by atoms with Gasteiger partial charge in [0.2, 0.25) is 0 Å². The van der Waals surface area contributed by atoms with Crippen molar-refractivity contribution < 1.29 is 9.13 Å². The van der Waals surface area contributed by atoms with Crippen molar-refractivity contribution in [1.82, 2.24) is 9.88 Å². The van der Waals surface area contributed by atoms with Gasteiger partial charge in [0.1, 0.15) is 11.6 Å². The van der Waals surface area contributed by atoms with Crippen molar-refractivity contribution in [2.24, 2.45) is 0 Å². The Morgan fingerprint density at radius 2 is 1.80 bits per heavy atom. The Balaban J connectivity index is 1.55. The van der Waals surface area contributed by atoms with Crippen molar-refractivity contribution in [1.29, 1.82) is 0 Å². The van der Waals surface area contributed by atoms with Crippen LogP contribution in [0.5, 0.6) is 5.75 Å². The smallest absolute Gasteiger partial charge is 0.148 e. The van der Waals surface area contributed by atoms with E-state index < -0.39 is 0 Å². The minimum atomic E-state index is -0.154. The fraction of sp³-hybridized carbons (Fsp3) is 0.375. The maximum atomic E-state index is 15.2. The van der Waals surface area contributed by atoms with Crippen molar-refractivity contribution in [2.45, 2.75) is 13.3 Å². The first-order valence-electron chi connectivity index (χ1n) is 10.5. The van der Waals surface area contributed by atoms with E-state index in [0.717, 1.165) is 72.9 Å². The molecule has 30 heavy (non-hydrogen) atoms. The number of nitrogens with zero attached hydrogens (tertiary/aromatic N) is 4. The number of rotatable bonds is 3. The van der Waals surface area contributed by atoms with E-state index in [2.05, 4.69) is 28.7 Å². The van der Waals surface area contributed by atoms with Gasteiger partial charge in [-0.1, -0.05) is 0 Å². The summed E-state index contributed by atoms with van der Waals surface area (Å²) in [5.74, 6) is 0.650. The molecule has 2 aliphatic heterocycles. The molecule has 156 valence electrons. The topological polar surface area (TPSA) is 31.8 Å². The third-order valence-corrected chi connectivity index (χ3v) is 6.41. The normalized spacial score (nSPS) is 16.9. The second-order valence-electron chi connectivity index (χ2n) is 8.24. The number of methoxy groups -OCH3 is 1. The molecule has 0 amide bonds. The lowest BCUT2D eigenvalue weighted by Gasteiger charge is -2.34. The van der Waals surface area contributed by atoms with Crippen molar-refractivity contribution in [2.75, 3.05) is 56.7 Å². The minimum Gasteiger partial charge on any atom is -0.497 e. The summed E-state index contributed by atoms with van der Waals surface area (Å²) in [5.41, 5.74) is 5.93. The van der Waals surface area contributed by atoms with Gasteiger partial charge in [0.25, 0.3) is 0 Å². The van der Waals surface area contributed by atoms with Crippen LogP contribution in [-0.2, 0) is 6.42 Å². The lowest BCUT2D eigenvalue weighted by atomic mass is 10.1. The summed E-state index contributed by atoms with van der Waals surface area (Å²) >= 11 is 0. The Bertz CT molecular complexity index is 1110. The van der Waals surface area contributed by atoms with E-state index >= 15 is 4.39 Å². The maximum absolute atomic E-state index is 15.2. The largest absolute Gasteiger partial charge is 0.497 e. The molecule has 2 aromatic carbocycles. The predicted octanol–water partition coefficient (Wildman–Crippen LogP) is 4.14. The molecule has 0 aliphatic carbocycles. The average molecular weight is 407 g/mol. The van der Waals surface area contributed by atoms with E-state index in [1.165, 1.54) is 5.56 Å². The van der Waals surface area contributed by atoms with Crippen LogP contribution in [-0.4, -0.2) is 56.8 Å². The summed E-state index contributed by atoms with van der Waals surface area (Å²) in [6.45, 7) is 6.51. The van der Waals surface area contributed by atoms with E-state index in [4.69, 9.17) is 9.72 Å². The number of likely N-dealkylation sites (N-methyl/N-ethyl adjacent to an activating group) is 1.